The van der Waals surface area contributed by atoms with Gasteiger partial charge in [0.15, 0.2) is 11.6 Å². The molecule has 1 aromatic rings. The van der Waals surface area contributed by atoms with Crippen LogP contribution in [0.2, 0.25) is 0 Å². The topological polar surface area (TPSA) is 29.5 Å². The Hall–Kier alpha value is -0.900. The Bertz CT molecular complexity index is 337. The van der Waals surface area contributed by atoms with Gasteiger partial charge in [0.2, 0.25) is 0 Å². The Morgan fingerprint density at radius 3 is 2.93 bits per heavy atom. The molecule has 0 aliphatic carbocycles. The molecule has 4 heteroatoms. The van der Waals surface area contributed by atoms with Gasteiger partial charge in [-0.2, -0.15) is 0 Å². The Morgan fingerprint density at radius 1 is 1.40 bits per heavy atom. The molecular formula is C11H13FO2S. The molecule has 0 radical (unpaired) electrons. The number of hydrogen-bond acceptors (Lipinski definition) is 3. The number of thioether (sulfide) groups is 1. The molecule has 1 atom stereocenters. The van der Waals surface area contributed by atoms with Gasteiger partial charge in [-0.05, 0) is 37.1 Å². The Balaban J connectivity index is 2.03. The van der Waals surface area contributed by atoms with Crippen LogP contribution in [0.5, 0.6) is 11.5 Å². The molecule has 2 nitrogen and oxygen atoms in total. The molecule has 1 saturated heterocycles. The average molecular weight is 228 g/mol. The van der Waals surface area contributed by atoms with Crippen molar-refractivity contribution in [2.45, 2.75) is 24.7 Å². The van der Waals surface area contributed by atoms with E-state index in [0.29, 0.717) is 0 Å². The molecule has 1 fully saturated rings. The quantitative estimate of drug-likeness (QED) is 0.843. The number of phenols is 1. The van der Waals surface area contributed by atoms with E-state index in [-0.39, 0.29) is 16.9 Å². The van der Waals surface area contributed by atoms with Crippen molar-refractivity contribution >= 4 is 11.8 Å². The third kappa shape index (κ3) is 2.78. The number of aromatic hydroxyl groups is 1. The van der Waals surface area contributed by atoms with Crippen LogP contribution >= 0.6 is 11.8 Å². The van der Waals surface area contributed by atoms with Crippen molar-refractivity contribution in [3.05, 3.63) is 24.0 Å². The van der Waals surface area contributed by atoms with E-state index in [1.807, 2.05) is 0 Å². The molecule has 1 aliphatic heterocycles. The van der Waals surface area contributed by atoms with Gasteiger partial charge in [0.1, 0.15) is 11.2 Å². The van der Waals surface area contributed by atoms with Crippen LogP contribution in [-0.2, 0) is 0 Å². The Labute approximate surface area is 92.4 Å². The molecular weight excluding hydrogens is 215 g/mol. The highest BCUT2D eigenvalue weighted by atomic mass is 32.2. The number of rotatable bonds is 2. The Morgan fingerprint density at radius 2 is 2.27 bits per heavy atom. The Kier molecular flexibility index (Phi) is 3.36. The summed E-state index contributed by atoms with van der Waals surface area (Å²) >= 11 is 1.72. The number of halogens is 1. The summed E-state index contributed by atoms with van der Waals surface area (Å²) in [5, 5.41) is 9.04. The van der Waals surface area contributed by atoms with Gasteiger partial charge in [-0.3, -0.25) is 0 Å². The molecule has 1 N–H and O–H groups in total. The second-order valence-electron chi connectivity index (χ2n) is 3.53. The zero-order valence-electron chi connectivity index (χ0n) is 8.28. The van der Waals surface area contributed by atoms with Gasteiger partial charge in [0.05, 0.1) is 0 Å². The van der Waals surface area contributed by atoms with E-state index in [2.05, 4.69) is 0 Å². The van der Waals surface area contributed by atoms with Gasteiger partial charge in [0, 0.05) is 6.07 Å². The lowest BCUT2D eigenvalue weighted by Gasteiger charge is -2.22. The average Bonchev–Trinajstić information content (AvgIpc) is 2.24. The van der Waals surface area contributed by atoms with Crippen LogP contribution in [0.1, 0.15) is 19.3 Å². The van der Waals surface area contributed by atoms with Crippen molar-refractivity contribution in [1.29, 1.82) is 0 Å². The lowest BCUT2D eigenvalue weighted by molar-refractivity contribution is 0.255. The predicted octanol–water partition coefficient (Wildman–Crippen LogP) is 3.15. The van der Waals surface area contributed by atoms with Crippen LogP contribution in [0.4, 0.5) is 4.39 Å². The first kappa shape index (κ1) is 10.6. The molecule has 1 aliphatic rings. The minimum Gasteiger partial charge on any atom is -0.508 e. The van der Waals surface area contributed by atoms with Gasteiger partial charge < -0.3 is 9.84 Å². The van der Waals surface area contributed by atoms with Crippen molar-refractivity contribution in [3.8, 4) is 11.5 Å². The summed E-state index contributed by atoms with van der Waals surface area (Å²) in [6, 6.07) is 3.98. The first-order valence-electron chi connectivity index (χ1n) is 5.02. The molecule has 0 saturated carbocycles. The van der Waals surface area contributed by atoms with E-state index >= 15 is 0 Å². The molecule has 1 aromatic carbocycles. The van der Waals surface area contributed by atoms with Crippen LogP contribution in [0.25, 0.3) is 0 Å². The third-order valence-corrected chi connectivity index (χ3v) is 3.54. The van der Waals surface area contributed by atoms with Crippen LogP contribution < -0.4 is 4.74 Å². The standard InChI is InChI=1S/C11H13FO2S/c12-9-7-8(13)4-5-10(9)14-11-3-1-2-6-15-11/h4-5,7,11,13H,1-3,6H2. The van der Waals surface area contributed by atoms with E-state index in [1.165, 1.54) is 18.6 Å². The van der Waals surface area contributed by atoms with Gasteiger partial charge in [-0.25, -0.2) is 4.39 Å². The number of benzene rings is 1. The fourth-order valence-electron chi connectivity index (χ4n) is 1.53. The van der Waals surface area contributed by atoms with Crippen molar-refractivity contribution in [2.24, 2.45) is 0 Å². The van der Waals surface area contributed by atoms with Crippen molar-refractivity contribution in [2.75, 3.05) is 5.75 Å². The zero-order chi connectivity index (χ0) is 10.7. The summed E-state index contributed by atoms with van der Waals surface area (Å²) in [6.07, 6.45) is 3.31. The summed E-state index contributed by atoms with van der Waals surface area (Å²) in [6.45, 7) is 0. The maximum Gasteiger partial charge on any atom is 0.168 e. The lowest BCUT2D eigenvalue weighted by atomic mass is 10.2. The van der Waals surface area contributed by atoms with Crippen LogP contribution in [0.3, 0.4) is 0 Å². The van der Waals surface area contributed by atoms with Crippen LogP contribution in [0.15, 0.2) is 18.2 Å². The third-order valence-electron chi connectivity index (χ3n) is 2.31. The second kappa shape index (κ2) is 4.75. The summed E-state index contributed by atoms with van der Waals surface area (Å²) < 4.78 is 18.8. The van der Waals surface area contributed by atoms with Crippen LogP contribution in [-0.4, -0.2) is 16.3 Å². The molecule has 1 heterocycles. The summed E-state index contributed by atoms with van der Waals surface area (Å²) in [4.78, 5) is 0. The normalized spacial score (nSPS) is 21.3. The minimum absolute atomic E-state index is 0.0535. The van der Waals surface area contributed by atoms with Gasteiger partial charge in [-0.1, -0.05) is 0 Å². The molecule has 15 heavy (non-hydrogen) atoms. The zero-order valence-corrected chi connectivity index (χ0v) is 9.10. The first-order valence-corrected chi connectivity index (χ1v) is 6.07. The predicted molar refractivity (Wildman–Crippen MR) is 58.8 cm³/mol. The van der Waals surface area contributed by atoms with Crippen LogP contribution in [0, 0.1) is 5.82 Å². The van der Waals surface area contributed by atoms with Crippen molar-refractivity contribution in [1.82, 2.24) is 0 Å². The highest BCUT2D eigenvalue weighted by Gasteiger charge is 2.17. The maximum absolute atomic E-state index is 13.3. The van der Waals surface area contributed by atoms with E-state index in [4.69, 9.17) is 9.84 Å². The summed E-state index contributed by atoms with van der Waals surface area (Å²) in [7, 11) is 0. The summed E-state index contributed by atoms with van der Waals surface area (Å²) in [5.41, 5.74) is 0.0535. The smallest absolute Gasteiger partial charge is 0.168 e. The van der Waals surface area contributed by atoms with Gasteiger partial charge in [0.25, 0.3) is 0 Å². The fraction of sp³-hybridized carbons (Fsp3) is 0.455. The molecule has 0 spiro atoms. The van der Waals surface area contributed by atoms with Crippen molar-refractivity contribution < 1.29 is 14.2 Å². The monoisotopic (exact) mass is 228 g/mol. The number of phenolic OH excluding ortho intramolecular Hbond substituents is 1. The maximum atomic E-state index is 13.3. The van der Waals surface area contributed by atoms with Crippen molar-refractivity contribution in [3.63, 3.8) is 0 Å². The van der Waals surface area contributed by atoms with Gasteiger partial charge in [-0.15, -0.1) is 11.8 Å². The fourth-order valence-corrected chi connectivity index (χ4v) is 2.67. The SMILES string of the molecule is Oc1ccc(OC2CCCCS2)c(F)c1. The highest BCUT2D eigenvalue weighted by Crippen LogP contribution is 2.30. The molecule has 0 bridgehead atoms. The van der Waals surface area contributed by atoms with E-state index < -0.39 is 5.82 Å². The highest BCUT2D eigenvalue weighted by molar-refractivity contribution is 7.99. The second-order valence-corrected chi connectivity index (χ2v) is 4.80. The minimum atomic E-state index is -0.499. The largest absolute Gasteiger partial charge is 0.508 e. The first-order chi connectivity index (χ1) is 7.25. The van der Waals surface area contributed by atoms with E-state index in [0.717, 1.165) is 24.7 Å². The molecule has 82 valence electrons. The lowest BCUT2D eigenvalue weighted by Crippen LogP contribution is -2.17. The summed E-state index contributed by atoms with van der Waals surface area (Å²) in [5.74, 6) is 0.731. The molecule has 0 amide bonds. The number of hydrogen-bond donors (Lipinski definition) is 1. The van der Waals surface area contributed by atoms with Gasteiger partial charge >= 0.3 is 0 Å². The molecule has 0 aromatic heterocycles. The molecule has 2 rings (SSSR count). The molecule has 1 unspecified atom stereocenters. The van der Waals surface area contributed by atoms with E-state index in [9.17, 15) is 4.39 Å². The van der Waals surface area contributed by atoms with E-state index in [1.54, 1.807) is 11.8 Å². The number of ether oxygens (including phenoxy) is 1.